The van der Waals surface area contributed by atoms with Crippen LogP contribution in [0.2, 0.25) is 10.0 Å². The van der Waals surface area contributed by atoms with Gasteiger partial charge in [-0.1, -0.05) is 59.6 Å². The molecule has 0 spiro atoms. The molecule has 0 saturated carbocycles. The van der Waals surface area contributed by atoms with Gasteiger partial charge in [-0.05, 0) is 67.7 Å². The lowest BCUT2D eigenvalue weighted by molar-refractivity contribution is -0.904. The van der Waals surface area contributed by atoms with E-state index in [1.165, 1.54) is 26.6 Å². The van der Waals surface area contributed by atoms with Crippen molar-refractivity contribution in [2.75, 3.05) is 34.4 Å². The first kappa shape index (κ1) is 35.4. The lowest BCUT2D eigenvalue weighted by atomic mass is 9.85. The number of esters is 1. The molecule has 1 aliphatic rings. The molecule has 3 atom stereocenters. The predicted octanol–water partition coefficient (Wildman–Crippen LogP) is 6.14. The molecule has 0 amide bonds. The number of benzene rings is 2. The van der Waals surface area contributed by atoms with Crippen molar-refractivity contribution in [3.63, 3.8) is 0 Å². The molecular weight excluding hydrogens is 677 g/mol. The number of carbonyl (C=O) groups excluding carboxylic acids is 1. The number of carboxylic acid groups (broad SMARTS) is 1. The van der Waals surface area contributed by atoms with Crippen molar-refractivity contribution >= 4 is 46.5 Å². The van der Waals surface area contributed by atoms with E-state index in [9.17, 15) is 19.9 Å². The van der Waals surface area contributed by atoms with Crippen LogP contribution in [0.3, 0.4) is 0 Å². The predicted molar refractivity (Wildman–Crippen MR) is 183 cm³/mol. The summed E-state index contributed by atoms with van der Waals surface area (Å²) in [6.45, 7) is 1.49. The van der Waals surface area contributed by atoms with Crippen LogP contribution in [0.25, 0.3) is 0 Å². The summed E-state index contributed by atoms with van der Waals surface area (Å²) < 4.78 is 17.6. The highest BCUT2D eigenvalue weighted by molar-refractivity contribution is 7.14. The number of likely N-dealkylation sites (N-methyl/N-ethyl adjacent to an activating group) is 1. The van der Waals surface area contributed by atoms with Crippen LogP contribution in [0, 0.1) is 0 Å². The number of hydrogen-bond acceptors (Lipinski definition) is 9. The van der Waals surface area contributed by atoms with Gasteiger partial charge < -0.3 is 24.2 Å². The van der Waals surface area contributed by atoms with Crippen LogP contribution in [0.1, 0.15) is 61.6 Å². The number of thiophene rings is 1. The number of aromatic carboxylic acids is 1. The molecule has 0 bridgehead atoms. The first-order chi connectivity index (χ1) is 23.1. The number of hydrogen-bond donors (Lipinski definition) is 3. The third-order valence-electron chi connectivity index (χ3n) is 8.61. The Labute approximate surface area is 293 Å². The summed E-state index contributed by atoms with van der Waals surface area (Å²) >= 11 is 14.2. The van der Waals surface area contributed by atoms with Gasteiger partial charge >= 0.3 is 11.9 Å². The molecule has 3 N–H and O–H groups in total. The largest absolute Gasteiger partial charge is 0.493 e. The van der Waals surface area contributed by atoms with Crippen LogP contribution >= 0.6 is 34.5 Å². The highest BCUT2D eigenvalue weighted by Crippen LogP contribution is 2.41. The third-order valence-corrected chi connectivity index (χ3v) is 10.4. The minimum absolute atomic E-state index is 0.134. The molecule has 10 nitrogen and oxygen atoms in total. The number of nitrogens with zero attached hydrogens (tertiary/aromatic N) is 2. The van der Waals surface area contributed by atoms with Gasteiger partial charge in [0.05, 0.1) is 14.2 Å². The van der Waals surface area contributed by atoms with E-state index in [-0.39, 0.29) is 33.9 Å². The summed E-state index contributed by atoms with van der Waals surface area (Å²) in [5.41, 5.74) is 2.55. The first-order valence-corrected chi connectivity index (χ1v) is 17.0. The molecule has 0 radical (unpaired) electrons. The molecule has 1 unspecified atom stereocenters. The molecular formula is C35H38Cl2N3O7S+. The van der Waals surface area contributed by atoms with Crippen molar-refractivity contribution in [2.24, 2.45) is 0 Å². The number of ether oxygens (including phenoxy) is 3. The lowest BCUT2D eigenvalue weighted by Gasteiger charge is -2.22. The fourth-order valence-electron chi connectivity index (χ4n) is 6.02. The van der Waals surface area contributed by atoms with Crippen LogP contribution < -0.4 is 19.5 Å². The second kappa shape index (κ2) is 16.0. The molecule has 1 saturated heterocycles. The molecule has 2 aromatic carbocycles. The maximum Gasteiger partial charge on any atom is 0.346 e. The average molecular weight is 716 g/mol. The zero-order chi connectivity index (χ0) is 34.4. The number of likely N-dealkylation sites (tertiary alicyclic amines) is 1. The molecule has 4 aromatic rings. The minimum Gasteiger partial charge on any atom is -0.493 e. The van der Waals surface area contributed by atoms with Gasteiger partial charge in [-0.25, -0.2) is 9.59 Å². The highest BCUT2D eigenvalue weighted by atomic mass is 35.5. The van der Waals surface area contributed by atoms with Crippen molar-refractivity contribution in [3.05, 3.63) is 109 Å². The molecule has 1 fully saturated rings. The third kappa shape index (κ3) is 8.22. The smallest absolute Gasteiger partial charge is 0.346 e. The summed E-state index contributed by atoms with van der Waals surface area (Å²) in [6.07, 6.45) is 4.91. The summed E-state index contributed by atoms with van der Waals surface area (Å²) in [4.78, 5) is 29.2. The topological polar surface area (TPSA) is 121 Å². The molecule has 48 heavy (non-hydrogen) atoms. The quantitative estimate of drug-likeness (QED) is 0.0804. The Morgan fingerprint density at radius 1 is 1.04 bits per heavy atom. The normalized spacial score (nSPS) is 16.0. The first-order valence-electron chi connectivity index (χ1n) is 15.4. The van der Waals surface area contributed by atoms with Crippen LogP contribution in [0.15, 0.2) is 67.0 Å². The fraction of sp³-hybridized carbons (Fsp3) is 0.343. The zero-order valence-electron chi connectivity index (χ0n) is 26.8. The van der Waals surface area contributed by atoms with Crippen molar-refractivity contribution in [2.45, 2.75) is 43.8 Å². The van der Waals surface area contributed by atoms with E-state index in [4.69, 9.17) is 37.4 Å². The molecule has 2 aromatic heterocycles. The molecule has 0 aliphatic carbocycles. The van der Waals surface area contributed by atoms with Crippen LogP contribution in [-0.4, -0.2) is 67.6 Å². The van der Waals surface area contributed by atoms with E-state index in [1.54, 1.807) is 12.1 Å². The average Bonchev–Trinajstić information content (AvgIpc) is 3.69. The monoisotopic (exact) mass is 714 g/mol. The Morgan fingerprint density at radius 3 is 2.38 bits per heavy atom. The number of methoxy groups -OCH3 is 2. The molecule has 13 heteroatoms. The van der Waals surface area contributed by atoms with E-state index < -0.39 is 23.9 Å². The summed E-state index contributed by atoms with van der Waals surface area (Å²) in [5.74, 6) is -1.03. The van der Waals surface area contributed by atoms with Crippen molar-refractivity contribution in [3.8, 4) is 11.5 Å². The number of carboxylic acids is 1. The van der Waals surface area contributed by atoms with Gasteiger partial charge in [-0.15, -0.1) is 11.3 Å². The molecule has 1 aliphatic heterocycles. The maximum absolute atomic E-state index is 13.4. The van der Waals surface area contributed by atoms with E-state index in [1.807, 2.05) is 49.5 Å². The Morgan fingerprint density at radius 2 is 1.75 bits per heavy atom. The molecule has 254 valence electrons. The number of carbonyl (C=O) groups is 2. The van der Waals surface area contributed by atoms with Gasteiger partial charge in [-0.3, -0.25) is 10.5 Å². The number of rotatable bonds is 14. The van der Waals surface area contributed by atoms with Gasteiger partial charge in [0, 0.05) is 33.7 Å². The van der Waals surface area contributed by atoms with Crippen molar-refractivity contribution in [1.29, 1.82) is 0 Å². The van der Waals surface area contributed by atoms with Gasteiger partial charge in [0.25, 0.3) is 0 Å². The van der Waals surface area contributed by atoms with Crippen molar-refractivity contribution in [1.82, 2.24) is 10.2 Å². The second-order valence-electron chi connectivity index (χ2n) is 11.6. The van der Waals surface area contributed by atoms with Crippen LogP contribution in [-0.2, 0) is 22.5 Å². The highest BCUT2D eigenvalue weighted by Gasteiger charge is 2.30. The van der Waals surface area contributed by atoms with Crippen molar-refractivity contribution < 1.29 is 38.8 Å². The van der Waals surface area contributed by atoms with Gasteiger partial charge in [0.1, 0.15) is 27.6 Å². The van der Waals surface area contributed by atoms with E-state index in [2.05, 4.69) is 10.2 Å². The number of nitrogens with one attached hydrogen (secondary N) is 1. The van der Waals surface area contributed by atoms with Gasteiger partial charge in [-0.2, -0.15) is 0 Å². The minimum atomic E-state index is -1.09. The SMILES string of the molecule is COc1ccc([C@H](Cc2c(Cl)c[n+](O)cc2Cl)c2cc(CNC(C(=O)OC[C@@H]3CCCN3C)c3ccccc3)sc2C(=O)O)cc1OC. The summed E-state index contributed by atoms with van der Waals surface area (Å²) in [5, 5.41) is 24.1. The lowest BCUT2D eigenvalue weighted by Crippen LogP contribution is -2.34. The van der Waals surface area contributed by atoms with E-state index in [0.29, 0.717) is 34.1 Å². The van der Waals surface area contributed by atoms with E-state index in [0.717, 1.165) is 46.6 Å². The van der Waals surface area contributed by atoms with E-state index >= 15 is 0 Å². The summed E-state index contributed by atoms with van der Waals surface area (Å²) in [7, 11) is 5.10. The van der Waals surface area contributed by atoms with Crippen LogP contribution in [0.4, 0.5) is 0 Å². The Kier molecular flexibility index (Phi) is 11.8. The second-order valence-corrected chi connectivity index (χ2v) is 13.6. The number of aromatic nitrogens is 1. The Balaban J connectivity index is 1.48. The zero-order valence-corrected chi connectivity index (χ0v) is 29.1. The Bertz CT molecular complexity index is 1730. The number of halogens is 2. The fourth-order valence-corrected chi connectivity index (χ4v) is 7.64. The van der Waals surface area contributed by atoms with Gasteiger partial charge in [0.15, 0.2) is 11.5 Å². The maximum atomic E-state index is 13.4. The number of pyridine rings is 1. The Hall–Kier alpha value is -3.87. The van der Waals surface area contributed by atoms with Crippen LogP contribution in [0.5, 0.6) is 11.5 Å². The van der Waals surface area contributed by atoms with Gasteiger partial charge in [0.2, 0.25) is 12.4 Å². The molecule has 5 rings (SSSR count). The summed E-state index contributed by atoms with van der Waals surface area (Å²) in [6, 6.07) is 16.0. The molecule has 3 heterocycles. The standard InChI is InChI=1S/C35H37Cl2N3O7S/c1-39-13-7-10-23(39)20-47-35(43)32(21-8-5-4-6-9-21)38-17-24-15-26(33(48-24)34(41)42)25(16-27-28(36)18-40(44)19-29(27)37)22-11-12-30(45-2)31(14-22)46-3/h4-6,8-9,11-12,14-15,18-19,23,25,32,38H,7,10,13,16-17,20H2,1-3H3,(H-,41,42,44)/p+1/t23-,25-,32?/m0/s1.